The minimum atomic E-state index is -0.396. The Morgan fingerprint density at radius 3 is 2.56 bits per heavy atom. The highest BCUT2D eigenvalue weighted by Gasteiger charge is 2.35. The number of carbonyl (C=O) groups is 1. The molecule has 1 rings (SSSR count). The fraction of sp³-hybridized carbons (Fsp3) is 0.818. The van der Waals surface area contributed by atoms with Crippen LogP contribution in [0.25, 0.3) is 0 Å². The predicted octanol–water partition coefficient (Wildman–Crippen LogP) is 0.840. The van der Waals surface area contributed by atoms with Gasteiger partial charge in [0.1, 0.15) is 0 Å². The van der Waals surface area contributed by atoms with Gasteiger partial charge in [-0.15, -0.1) is 0 Å². The van der Waals surface area contributed by atoms with Gasteiger partial charge in [0.25, 0.3) is 0 Å². The Labute approximate surface area is 102 Å². The molecule has 4 nitrogen and oxygen atoms in total. The molecule has 1 saturated heterocycles. The van der Waals surface area contributed by atoms with E-state index < -0.39 is 5.92 Å². The van der Waals surface area contributed by atoms with E-state index >= 15 is 0 Å². The third kappa shape index (κ3) is 3.15. The van der Waals surface area contributed by atoms with Crippen molar-refractivity contribution in [1.82, 2.24) is 5.32 Å². The highest BCUT2D eigenvalue weighted by Crippen LogP contribution is 2.20. The molecule has 0 aliphatic carbocycles. The van der Waals surface area contributed by atoms with Gasteiger partial charge in [0.2, 0.25) is 5.91 Å². The third-order valence-electron chi connectivity index (χ3n) is 2.90. The van der Waals surface area contributed by atoms with E-state index in [9.17, 15) is 4.79 Å². The van der Waals surface area contributed by atoms with E-state index in [-0.39, 0.29) is 22.4 Å². The largest absolute Gasteiger partial charge is 0.393 e. The zero-order chi connectivity index (χ0) is 12.3. The van der Waals surface area contributed by atoms with E-state index in [2.05, 4.69) is 5.32 Å². The van der Waals surface area contributed by atoms with Crippen LogP contribution < -0.4 is 11.1 Å². The van der Waals surface area contributed by atoms with Gasteiger partial charge in [-0.1, -0.05) is 26.1 Å². The topological polar surface area (TPSA) is 64.3 Å². The minimum Gasteiger partial charge on any atom is -0.393 e. The molecular formula is C11H20N2O2S. The van der Waals surface area contributed by atoms with Crippen LogP contribution in [0.4, 0.5) is 0 Å². The number of carbonyl (C=O) groups excluding carboxylic acids is 1. The second-order valence-corrected chi connectivity index (χ2v) is 5.45. The van der Waals surface area contributed by atoms with E-state index in [0.29, 0.717) is 13.2 Å². The number of nitrogens with one attached hydrogen (secondary N) is 1. The van der Waals surface area contributed by atoms with Gasteiger partial charge in [-0.25, -0.2) is 0 Å². The summed E-state index contributed by atoms with van der Waals surface area (Å²) in [5, 5.41) is 2.99. The quantitative estimate of drug-likeness (QED) is 0.719. The summed E-state index contributed by atoms with van der Waals surface area (Å²) in [5.41, 5.74) is 5.33. The molecule has 1 heterocycles. The lowest BCUT2D eigenvalue weighted by atomic mass is 9.92. The Morgan fingerprint density at radius 2 is 2.19 bits per heavy atom. The Hall–Kier alpha value is -0.680. The van der Waals surface area contributed by atoms with Crippen molar-refractivity contribution in [1.29, 1.82) is 0 Å². The van der Waals surface area contributed by atoms with Crippen LogP contribution in [0.2, 0.25) is 0 Å². The number of nitrogens with two attached hydrogens (primary N) is 1. The lowest BCUT2D eigenvalue weighted by molar-refractivity contribution is -0.125. The van der Waals surface area contributed by atoms with Crippen LogP contribution in [0.1, 0.15) is 27.2 Å². The number of rotatable bonds is 4. The summed E-state index contributed by atoms with van der Waals surface area (Å²) in [6.07, 6.45) is 0.834. The number of thiocarbonyl (C=S) groups is 1. The highest BCUT2D eigenvalue weighted by atomic mass is 32.1. The molecule has 1 aliphatic rings. The molecule has 2 atom stereocenters. The number of ether oxygens (including phenoxy) is 1. The Balaban J connectivity index is 2.65. The maximum Gasteiger partial charge on any atom is 0.230 e. The minimum absolute atomic E-state index is 0.0875. The monoisotopic (exact) mass is 244 g/mol. The van der Waals surface area contributed by atoms with E-state index in [0.717, 1.165) is 6.42 Å². The molecule has 2 unspecified atom stereocenters. The van der Waals surface area contributed by atoms with E-state index in [4.69, 9.17) is 22.7 Å². The van der Waals surface area contributed by atoms with Crippen molar-refractivity contribution in [2.75, 3.05) is 13.2 Å². The van der Waals surface area contributed by atoms with Crippen molar-refractivity contribution >= 4 is 23.1 Å². The number of amides is 1. The Bertz CT molecular complexity index is 286. The summed E-state index contributed by atoms with van der Waals surface area (Å²) in [5.74, 6) is -0.369. The molecule has 1 fully saturated rings. The van der Waals surface area contributed by atoms with Crippen LogP contribution in [0.5, 0.6) is 0 Å². The van der Waals surface area contributed by atoms with Gasteiger partial charge in [0, 0.05) is 6.61 Å². The first kappa shape index (κ1) is 13.4. The van der Waals surface area contributed by atoms with Crippen LogP contribution in [0.3, 0.4) is 0 Å². The van der Waals surface area contributed by atoms with Gasteiger partial charge in [-0.05, 0) is 19.3 Å². The van der Waals surface area contributed by atoms with Gasteiger partial charge in [0.15, 0.2) is 0 Å². The van der Waals surface area contributed by atoms with E-state index in [1.807, 2.05) is 20.8 Å². The molecular weight excluding hydrogens is 224 g/mol. The lowest BCUT2D eigenvalue weighted by Gasteiger charge is -2.27. The van der Waals surface area contributed by atoms with E-state index in [1.165, 1.54) is 0 Å². The van der Waals surface area contributed by atoms with Gasteiger partial charge < -0.3 is 15.8 Å². The zero-order valence-corrected chi connectivity index (χ0v) is 10.9. The average Bonchev–Trinajstić information content (AvgIpc) is 2.49. The van der Waals surface area contributed by atoms with Crippen molar-refractivity contribution in [3.05, 3.63) is 0 Å². The van der Waals surface area contributed by atoms with Crippen molar-refractivity contribution in [2.45, 2.75) is 32.7 Å². The standard InChI is InChI=1S/C11H20N2O2S/c1-7(2)8(9(12)16)10(14)13-11(3)4-5-15-6-11/h7-8H,4-6H2,1-3H3,(H2,12,16)(H,13,14). The summed E-state index contributed by atoms with van der Waals surface area (Å²) in [7, 11) is 0. The van der Waals surface area contributed by atoms with Crippen LogP contribution in [0.15, 0.2) is 0 Å². The highest BCUT2D eigenvalue weighted by molar-refractivity contribution is 7.80. The number of hydrogen-bond donors (Lipinski definition) is 2. The fourth-order valence-corrected chi connectivity index (χ4v) is 2.28. The van der Waals surface area contributed by atoms with Crippen molar-refractivity contribution in [3.8, 4) is 0 Å². The Kier molecular flexibility index (Phi) is 4.27. The smallest absolute Gasteiger partial charge is 0.230 e. The van der Waals surface area contributed by atoms with Gasteiger partial charge >= 0.3 is 0 Å². The molecule has 0 bridgehead atoms. The van der Waals surface area contributed by atoms with Gasteiger partial charge in [0.05, 0.1) is 23.1 Å². The molecule has 0 saturated carbocycles. The molecule has 5 heteroatoms. The summed E-state index contributed by atoms with van der Waals surface area (Å²) in [6.45, 7) is 7.11. The predicted molar refractivity (Wildman–Crippen MR) is 67.1 cm³/mol. The normalized spacial score (nSPS) is 26.8. The van der Waals surface area contributed by atoms with Crippen LogP contribution in [-0.2, 0) is 9.53 Å². The zero-order valence-electron chi connectivity index (χ0n) is 10.1. The van der Waals surface area contributed by atoms with Gasteiger partial charge in [-0.3, -0.25) is 4.79 Å². The molecule has 0 aromatic carbocycles. The maximum absolute atomic E-state index is 12.1. The second kappa shape index (κ2) is 5.10. The second-order valence-electron chi connectivity index (χ2n) is 4.98. The summed E-state index contributed by atoms with van der Waals surface area (Å²) in [4.78, 5) is 12.3. The molecule has 92 valence electrons. The molecule has 0 radical (unpaired) electrons. The van der Waals surface area contributed by atoms with Crippen LogP contribution in [0, 0.1) is 11.8 Å². The molecule has 1 aliphatic heterocycles. The Morgan fingerprint density at radius 1 is 1.56 bits per heavy atom. The molecule has 0 spiro atoms. The van der Waals surface area contributed by atoms with Crippen LogP contribution >= 0.6 is 12.2 Å². The first-order chi connectivity index (χ1) is 7.36. The van der Waals surface area contributed by atoms with Crippen molar-refractivity contribution < 1.29 is 9.53 Å². The summed E-state index contributed by atoms with van der Waals surface area (Å²) >= 11 is 4.93. The molecule has 0 aromatic heterocycles. The SMILES string of the molecule is CC(C)C(C(=O)NC1(C)CCOC1)C(N)=S. The molecule has 0 aromatic rings. The summed E-state index contributed by atoms with van der Waals surface area (Å²) in [6, 6.07) is 0. The maximum atomic E-state index is 12.1. The first-order valence-electron chi connectivity index (χ1n) is 5.55. The first-order valence-corrected chi connectivity index (χ1v) is 5.96. The number of hydrogen-bond acceptors (Lipinski definition) is 3. The van der Waals surface area contributed by atoms with Gasteiger partial charge in [-0.2, -0.15) is 0 Å². The molecule has 3 N–H and O–H groups in total. The average molecular weight is 244 g/mol. The van der Waals surface area contributed by atoms with Crippen molar-refractivity contribution in [2.24, 2.45) is 17.6 Å². The molecule has 1 amide bonds. The van der Waals surface area contributed by atoms with E-state index in [1.54, 1.807) is 0 Å². The lowest BCUT2D eigenvalue weighted by Crippen LogP contribution is -2.51. The van der Waals surface area contributed by atoms with Crippen molar-refractivity contribution in [3.63, 3.8) is 0 Å². The summed E-state index contributed by atoms with van der Waals surface area (Å²) < 4.78 is 5.28. The molecule has 16 heavy (non-hydrogen) atoms. The third-order valence-corrected chi connectivity index (χ3v) is 3.15. The fourth-order valence-electron chi connectivity index (χ4n) is 1.90. The van der Waals surface area contributed by atoms with Crippen LogP contribution in [-0.4, -0.2) is 29.6 Å².